The molecule has 6 nitrogen and oxygen atoms in total. The Bertz CT molecular complexity index is 2090. The number of para-hydroxylation sites is 2. The summed E-state index contributed by atoms with van der Waals surface area (Å²) in [6, 6.07) is 48.1. The summed E-state index contributed by atoms with van der Waals surface area (Å²) >= 11 is 0. The van der Waals surface area contributed by atoms with Gasteiger partial charge in [0.05, 0.1) is 5.69 Å². The van der Waals surface area contributed by atoms with E-state index in [0.29, 0.717) is 32.6 Å². The van der Waals surface area contributed by atoms with Gasteiger partial charge < -0.3 is 9.73 Å². The number of anilines is 2. The second-order valence-electron chi connectivity index (χ2n) is 9.77. The van der Waals surface area contributed by atoms with E-state index in [1.54, 1.807) is 6.07 Å². The predicted octanol–water partition coefficient (Wildman–Crippen LogP) is 6.40. The van der Waals surface area contributed by atoms with E-state index in [2.05, 4.69) is 52.0 Å². The Morgan fingerprint density at radius 1 is 0.571 bits per heavy atom. The molecular weight excluding hydrogens is 539 g/mol. The molecule has 0 aliphatic carbocycles. The maximum atomic E-state index is 13.9. The molecule has 2 aromatic heterocycles. The normalized spacial score (nSPS) is 11.4. The van der Waals surface area contributed by atoms with E-state index in [1.807, 2.05) is 103 Å². The number of hydrogen-bond donors (Lipinski definition) is 1. The van der Waals surface area contributed by atoms with Gasteiger partial charge in [0.15, 0.2) is 0 Å². The topological polar surface area (TPSA) is 80.9 Å². The molecule has 5 aromatic carbocycles. The third kappa shape index (κ3) is 4.30. The lowest BCUT2D eigenvalue weighted by molar-refractivity contribution is 0.569. The summed E-state index contributed by atoms with van der Waals surface area (Å²) in [5.41, 5.74) is 1.67. The minimum atomic E-state index is -2.77. The SMILES string of the molecule is O=c1oc2ccccc2c2nnnc(=P(c3ccccc3)(c3ccccc3)c3ccccc3)c(Nc3ccccc3)c12. The fourth-order valence-corrected chi connectivity index (χ4v) is 9.68. The van der Waals surface area contributed by atoms with Crippen LogP contribution in [0.2, 0.25) is 0 Å². The highest BCUT2D eigenvalue weighted by Crippen LogP contribution is 2.49. The summed E-state index contributed by atoms with van der Waals surface area (Å²) in [5, 5.41) is 22.3. The van der Waals surface area contributed by atoms with E-state index < -0.39 is 12.5 Å². The lowest BCUT2D eigenvalue weighted by Crippen LogP contribution is -2.26. The first kappa shape index (κ1) is 25.6. The van der Waals surface area contributed by atoms with Crippen molar-refractivity contribution in [2.45, 2.75) is 0 Å². The lowest BCUT2D eigenvalue weighted by Gasteiger charge is -2.28. The molecule has 0 radical (unpaired) electrons. The lowest BCUT2D eigenvalue weighted by atomic mass is 10.1. The zero-order chi connectivity index (χ0) is 28.4. The van der Waals surface area contributed by atoms with Crippen LogP contribution in [0.3, 0.4) is 0 Å². The summed E-state index contributed by atoms with van der Waals surface area (Å²) < 4.78 is 5.90. The van der Waals surface area contributed by atoms with Crippen LogP contribution in [0.5, 0.6) is 0 Å². The molecule has 7 aromatic rings. The maximum absolute atomic E-state index is 13.9. The van der Waals surface area contributed by atoms with Crippen LogP contribution in [0, 0.1) is 5.07 Å². The van der Waals surface area contributed by atoms with Gasteiger partial charge in [-0.05, 0) is 45.4 Å². The van der Waals surface area contributed by atoms with Crippen LogP contribution in [-0.2, 0) is 0 Å². The Balaban J connectivity index is 1.84. The highest BCUT2D eigenvalue weighted by molar-refractivity contribution is 7.89. The number of nitrogens with one attached hydrogen (secondary N) is 1. The smallest absolute Gasteiger partial charge is 0.348 e. The van der Waals surface area contributed by atoms with Gasteiger partial charge in [0, 0.05) is 18.0 Å². The quantitative estimate of drug-likeness (QED) is 0.193. The van der Waals surface area contributed by atoms with Crippen LogP contribution in [0.25, 0.3) is 21.9 Å². The molecule has 0 bridgehead atoms. The standard InChI is InChI=1S/C35H25N4O2P/c40-35-31-32(29-23-13-14-24-30(29)41-35)37-39-38-34(33(31)36-25-15-5-1-6-16-25)42(26-17-7-2-8-18-26,27-19-9-3-10-20-27)28-21-11-4-12-22-28/h1-24,36H. The van der Waals surface area contributed by atoms with E-state index in [4.69, 9.17) is 9.52 Å². The van der Waals surface area contributed by atoms with Crippen molar-refractivity contribution in [3.8, 4) is 0 Å². The van der Waals surface area contributed by atoms with Crippen molar-refractivity contribution in [1.29, 1.82) is 0 Å². The second-order valence-corrected chi connectivity index (χ2v) is 13.1. The molecule has 202 valence electrons. The summed E-state index contributed by atoms with van der Waals surface area (Å²) in [4.78, 5) is 13.9. The highest BCUT2D eigenvalue weighted by atomic mass is 31.2. The number of aromatic nitrogens is 3. The third-order valence-electron chi connectivity index (χ3n) is 7.33. The average molecular weight is 565 g/mol. The molecular formula is C35H25N4O2P. The van der Waals surface area contributed by atoms with Crippen LogP contribution in [0.15, 0.2) is 155 Å². The fraction of sp³-hybridized carbons (Fsp3) is 0. The number of benzene rings is 5. The number of fused-ring (bicyclic) bond motifs is 3. The molecule has 0 fully saturated rings. The number of nitrogens with zero attached hydrogens (tertiary/aromatic N) is 3. The second kappa shape index (κ2) is 10.9. The largest absolute Gasteiger partial charge is 0.422 e. The van der Waals surface area contributed by atoms with Gasteiger partial charge in [0.1, 0.15) is 21.6 Å². The van der Waals surface area contributed by atoms with Crippen molar-refractivity contribution in [3.63, 3.8) is 0 Å². The average Bonchev–Trinajstić information content (AvgIpc) is 3.24. The molecule has 0 amide bonds. The van der Waals surface area contributed by atoms with Gasteiger partial charge in [-0.2, -0.15) is 0 Å². The Labute approximate surface area is 241 Å². The summed E-state index contributed by atoms with van der Waals surface area (Å²) in [6.07, 6.45) is 0. The van der Waals surface area contributed by atoms with E-state index in [9.17, 15) is 4.79 Å². The Kier molecular flexibility index (Phi) is 6.67. The van der Waals surface area contributed by atoms with E-state index in [0.717, 1.165) is 21.6 Å². The molecule has 0 saturated heterocycles. The first-order valence-electron chi connectivity index (χ1n) is 13.6. The molecule has 0 unspecified atom stereocenters. The highest BCUT2D eigenvalue weighted by Gasteiger charge is 2.30. The molecule has 0 spiro atoms. The Hall–Kier alpha value is -5.32. The molecule has 0 atom stereocenters. The number of hydrogen-bond acceptors (Lipinski definition) is 6. The summed E-state index contributed by atoms with van der Waals surface area (Å²) in [5.74, 6) is 0. The molecule has 7 heteroatoms. The van der Waals surface area contributed by atoms with Crippen molar-refractivity contribution in [3.05, 3.63) is 161 Å². The Morgan fingerprint density at radius 3 is 1.64 bits per heavy atom. The van der Waals surface area contributed by atoms with Crippen LogP contribution < -0.4 is 26.9 Å². The van der Waals surface area contributed by atoms with Crippen LogP contribution in [0.4, 0.5) is 11.4 Å². The van der Waals surface area contributed by atoms with Crippen LogP contribution in [-0.4, -0.2) is 15.4 Å². The molecule has 2 heterocycles. The zero-order valence-corrected chi connectivity index (χ0v) is 23.4. The minimum absolute atomic E-state index is 0.296. The predicted molar refractivity (Wildman–Crippen MR) is 171 cm³/mol. The van der Waals surface area contributed by atoms with E-state index in [-0.39, 0.29) is 0 Å². The first-order valence-corrected chi connectivity index (χ1v) is 15.4. The first-order chi connectivity index (χ1) is 20.8. The van der Waals surface area contributed by atoms with Gasteiger partial charge in [-0.25, -0.2) is 4.79 Å². The van der Waals surface area contributed by atoms with Gasteiger partial charge in [-0.15, -0.1) is 10.2 Å². The zero-order valence-electron chi connectivity index (χ0n) is 22.5. The van der Waals surface area contributed by atoms with Gasteiger partial charge in [-0.1, -0.05) is 121 Å². The Morgan fingerprint density at radius 2 is 1.07 bits per heavy atom. The van der Waals surface area contributed by atoms with Gasteiger partial charge >= 0.3 is 5.63 Å². The molecule has 0 aliphatic heterocycles. The van der Waals surface area contributed by atoms with Gasteiger partial charge in [0.2, 0.25) is 0 Å². The minimum Gasteiger partial charge on any atom is -0.422 e. The van der Waals surface area contributed by atoms with Crippen molar-refractivity contribution < 1.29 is 4.42 Å². The van der Waals surface area contributed by atoms with Crippen molar-refractivity contribution in [2.75, 3.05) is 5.32 Å². The summed E-state index contributed by atoms with van der Waals surface area (Å²) in [6.45, 7) is -2.77. The van der Waals surface area contributed by atoms with Crippen LogP contribution >= 0.6 is 6.89 Å². The molecule has 1 N–H and O–H groups in total. The van der Waals surface area contributed by atoms with Crippen molar-refractivity contribution in [2.24, 2.45) is 0 Å². The van der Waals surface area contributed by atoms with Crippen LogP contribution in [0.1, 0.15) is 0 Å². The fourth-order valence-electron chi connectivity index (χ4n) is 5.52. The monoisotopic (exact) mass is 564 g/mol. The molecule has 0 saturated carbocycles. The van der Waals surface area contributed by atoms with E-state index in [1.165, 1.54) is 0 Å². The third-order valence-corrected chi connectivity index (χ3v) is 11.5. The molecule has 7 rings (SSSR count). The maximum Gasteiger partial charge on any atom is 0.348 e. The van der Waals surface area contributed by atoms with E-state index >= 15 is 0 Å². The number of rotatable bonds is 5. The van der Waals surface area contributed by atoms with Crippen molar-refractivity contribution in [1.82, 2.24) is 15.4 Å². The van der Waals surface area contributed by atoms with Gasteiger partial charge in [0.25, 0.3) is 0 Å². The molecule has 0 aliphatic rings. The molecule has 42 heavy (non-hydrogen) atoms. The van der Waals surface area contributed by atoms with Gasteiger partial charge in [-0.3, -0.25) is 0 Å². The van der Waals surface area contributed by atoms with Crippen molar-refractivity contribution >= 4 is 56.0 Å². The summed E-state index contributed by atoms with van der Waals surface area (Å²) in [7, 11) is 0.